The van der Waals surface area contributed by atoms with Crippen LogP contribution in [0.4, 0.5) is 0 Å². The van der Waals surface area contributed by atoms with Gasteiger partial charge < -0.3 is 10.2 Å². The van der Waals surface area contributed by atoms with Crippen LogP contribution in [0.2, 0.25) is 0 Å². The summed E-state index contributed by atoms with van der Waals surface area (Å²) in [6.07, 6.45) is -0.303. The quantitative estimate of drug-likeness (QED) is 0.667. The van der Waals surface area contributed by atoms with E-state index in [-0.39, 0.29) is 12.0 Å². The summed E-state index contributed by atoms with van der Waals surface area (Å²) in [7, 11) is 0. The Morgan fingerprint density at radius 3 is 1.53 bits per heavy atom. The summed E-state index contributed by atoms with van der Waals surface area (Å²) in [6.45, 7) is 12.5. The predicted molar refractivity (Wildman–Crippen MR) is 63.6 cm³/mol. The van der Waals surface area contributed by atoms with Crippen LogP contribution in [0.5, 0.6) is 0 Å². The monoisotopic (exact) mass is 217 g/mol. The van der Waals surface area contributed by atoms with E-state index in [0.29, 0.717) is 12.1 Å². The Labute approximate surface area is 94.1 Å². The van der Waals surface area contributed by atoms with Gasteiger partial charge in [-0.25, -0.2) is 0 Å². The Kier molecular flexibility index (Phi) is 6.41. The van der Waals surface area contributed by atoms with Crippen molar-refractivity contribution in [3.05, 3.63) is 0 Å². The summed E-state index contributed by atoms with van der Waals surface area (Å²) in [4.78, 5) is 2.18. The lowest BCUT2D eigenvalue weighted by Crippen LogP contribution is -2.53. The van der Waals surface area contributed by atoms with E-state index in [0.717, 1.165) is 6.42 Å². The smallest absolute Gasteiger partial charge is 0.167 e. The van der Waals surface area contributed by atoms with Gasteiger partial charge in [0.05, 0.1) is 6.04 Å². The molecule has 0 heterocycles. The van der Waals surface area contributed by atoms with E-state index in [2.05, 4.69) is 46.4 Å². The highest BCUT2D eigenvalue weighted by Crippen LogP contribution is 2.22. The maximum Gasteiger partial charge on any atom is 0.167 e. The Morgan fingerprint density at radius 2 is 1.33 bits per heavy atom. The lowest BCUT2D eigenvalue weighted by molar-refractivity contribution is -0.130. The fourth-order valence-electron chi connectivity index (χ4n) is 2.27. The molecule has 3 nitrogen and oxygen atoms in total. The van der Waals surface area contributed by atoms with Crippen LogP contribution in [-0.4, -0.2) is 39.5 Å². The van der Waals surface area contributed by atoms with Crippen LogP contribution in [0, 0.1) is 5.92 Å². The predicted octanol–water partition coefficient (Wildman–Crippen LogP) is 1.83. The Hall–Kier alpha value is -0.120. The fourth-order valence-corrected chi connectivity index (χ4v) is 2.27. The molecule has 15 heavy (non-hydrogen) atoms. The second kappa shape index (κ2) is 6.46. The summed E-state index contributed by atoms with van der Waals surface area (Å²) in [5.74, 6) is 0.287. The van der Waals surface area contributed by atoms with E-state index in [1.54, 1.807) is 0 Å². The molecule has 0 aliphatic carbocycles. The second-order valence-corrected chi connectivity index (χ2v) is 4.92. The molecule has 0 amide bonds. The molecule has 0 aromatic rings. The molecule has 0 saturated carbocycles. The number of hydrogen-bond acceptors (Lipinski definition) is 3. The molecule has 92 valence electrons. The van der Waals surface area contributed by atoms with Crippen molar-refractivity contribution in [3.8, 4) is 0 Å². The summed E-state index contributed by atoms with van der Waals surface area (Å²) in [6, 6.07) is 0.478. The molecule has 0 fully saturated rings. The third kappa shape index (κ3) is 4.09. The third-order valence-corrected chi connectivity index (χ3v) is 3.07. The molecule has 2 N–H and O–H groups in total. The molecule has 0 aromatic heterocycles. The topological polar surface area (TPSA) is 43.7 Å². The van der Waals surface area contributed by atoms with E-state index in [9.17, 15) is 10.2 Å². The van der Waals surface area contributed by atoms with E-state index in [1.165, 1.54) is 0 Å². The molecule has 0 radical (unpaired) electrons. The lowest BCUT2D eigenvalue weighted by Gasteiger charge is -2.41. The van der Waals surface area contributed by atoms with Crippen LogP contribution >= 0.6 is 0 Å². The maximum atomic E-state index is 9.50. The van der Waals surface area contributed by atoms with Crippen LogP contribution < -0.4 is 0 Å². The molecule has 0 aromatic carbocycles. The van der Waals surface area contributed by atoms with Gasteiger partial charge in [0.25, 0.3) is 0 Å². The first-order valence-corrected chi connectivity index (χ1v) is 5.96. The van der Waals surface area contributed by atoms with Crippen LogP contribution in [-0.2, 0) is 0 Å². The van der Waals surface area contributed by atoms with Gasteiger partial charge in [-0.3, -0.25) is 4.90 Å². The summed E-state index contributed by atoms with van der Waals surface area (Å²) >= 11 is 0. The largest absolute Gasteiger partial charge is 0.367 e. The van der Waals surface area contributed by atoms with Gasteiger partial charge in [-0.05, 0) is 33.6 Å². The minimum Gasteiger partial charge on any atom is -0.367 e. The molecule has 2 atom stereocenters. The number of nitrogens with zero attached hydrogens (tertiary/aromatic N) is 1. The zero-order valence-electron chi connectivity index (χ0n) is 10.9. The Bertz CT molecular complexity index is 161. The number of rotatable bonds is 6. The summed E-state index contributed by atoms with van der Waals surface area (Å²) in [5.41, 5.74) is 0. The first kappa shape index (κ1) is 14.9. The molecule has 0 saturated heterocycles. The normalized spacial score (nSPS) is 16.8. The van der Waals surface area contributed by atoms with E-state index in [4.69, 9.17) is 0 Å². The molecule has 0 bridgehead atoms. The first-order chi connectivity index (χ1) is 6.82. The Balaban J connectivity index is 4.84. The zero-order chi connectivity index (χ0) is 12.2. The van der Waals surface area contributed by atoms with E-state index in [1.807, 2.05) is 0 Å². The van der Waals surface area contributed by atoms with Crippen LogP contribution in [0.15, 0.2) is 0 Å². The third-order valence-electron chi connectivity index (χ3n) is 3.07. The van der Waals surface area contributed by atoms with Crippen molar-refractivity contribution in [1.29, 1.82) is 0 Å². The van der Waals surface area contributed by atoms with Gasteiger partial charge in [0.1, 0.15) is 0 Å². The number of hydrogen-bond donors (Lipinski definition) is 2. The molecule has 3 heteroatoms. The molecule has 2 unspecified atom stereocenters. The van der Waals surface area contributed by atoms with E-state index < -0.39 is 6.29 Å². The van der Waals surface area contributed by atoms with Gasteiger partial charge in [0.15, 0.2) is 6.29 Å². The van der Waals surface area contributed by atoms with Gasteiger partial charge in [0.2, 0.25) is 0 Å². The van der Waals surface area contributed by atoms with Gasteiger partial charge in [-0.1, -0.05) is 20.3 Å². The van der Waals surface area contributed by atoms with Crippen LogP contribution in [0.25, 0.3) is 0 Å². The zero-order valence-corrected chi connectivity index (χ0v) is 10.9. The molecule has 0 rings (SSSR count). The van der Waals surface area contributed by atoms with Crippen molar-refractivity contribution in [2.24, 2.45) is 5.92 Å². The van der Waals surface area contributed by atoms with Crippen molar-refractivity contribution in [2.45, 2.75) is 72.4 Å². The molecular weight excluding hydrogens is 190 g/mol. The average Bonchev–Trinajstić information content (AvgIpc) is 2.10. The van der Waals surface area contributed by atoms with Crippen molar-refractivity contribution in [3.63, 3.8) is 0 Å². The van der Waals surface area contributed by atoms with Crippen LogP contribution in [0.3, 0.4) is 0 Å². The van der Waals surface area contributed by atoms with Crippen LogP contribution in [0.1, 0.15) is 48.0 Å². The van der Waals surface area contributed by atoms with Crippen molar-refractivity contribution < 1.29 is 10.2 Å². The molecular formula is C12H27NO2. The molecule has 0 aliphatic heterocycles. The second-order valence-electron chi connectivity index (χ2n) is 4.92. The van der Waals surface area contributed by atoms with Crippen molar-refractivity contribution in [2.75, 3.05) is 0 Å². The highest BCUT2D eigenvalue weighted by Gasteiger charge is 2.32. The lowest BCUT2D eigenvalue weighted by atomic mass is 9.94. The van der Waals surface area contributed by atoms with Gasteiger partial charge in [-0.15, -0.1) is 0 Å². The summed E-state index contributed by atoms with van der Waals surface area (Å²) in [5, 5.41) is 19.0. The minimum atomic E-state index is -1.26. The van der Waals surface area contributed by atoms with Gasteiger partial charge in [0, 0.05) is 12.1 Å². The van der Waals surface area contributed by atoms with Crippen molar-refractivity contribution >= 4 is 0 Å². The van der Waals surface area contributed by atoms with E-state index >= 15 is 0 Å². The fraction of sp³-hybridized carbons (Fsp3) is 1.00. The summed E-state index contributed by atoms with van der Waals surface area (Å²) < 4.78 is 0. The standard InChI is InChI=1S/C12H27NO2/c1-7-10(6)11(12(14)15)13(8(2)3)9(4)5/h8-12,14-15H,7H2,1-6H3. The average molecular weight is 217 g/mol. The number of aliphatic hydroxyl groups excluding tert-OH is 1. The molecule has 0 aliphatic rings. The van der Waals surface area contributed by atoms with Gasteiger partial charge >= 0.3 is 0 Å². The highest BCUT2D eigenvalue weighted by atomic mass is 16.5. The first-order valence-electron chi connectivity index (χ1n) is 5.96. The number of aliphatic hydroxyl groups is 2. The Morgan fingerprint density at radius 1 is 0.933 bits per heavy atom. The molecule has 0 spiro atoms. The minimum absolute atomic E-state index is 0.171. The highest BCUT2D eigenvalue weighted by molar-refractivity contribution is 4.82. The van der Waals surface area contributed by atoms with Crippen molar-refractivity contribution in [1.82, 2.24) is 4.90 Å². The SMILES string of the molecule is CCC(C)C(C(O)O)N(C(C)C)C(C)C. The van der Waals surface area contributed by atoms with Gasteiger partial charge in [-0.2, -0.15) is 0 Å². The maximum absolute atomic E-state index is 9.50.